The summed E-state index contributed by atoms with van der Waals surface area (Å²) in [5, 5.41) is 5.21. The summed E-state index contributed by atoms with van der Waals surface area (Å²) in [5.41, 5.74) is 2.13. The second kappa shape index (κ2) is 4.58. The third-order valence-electron chi connectivity index (χ3n) is 3.73. The molecule has 1 aromatic carbocycles. The largest absolute Gasteiger partial charge is 0.345 e. The van der Waals surface area contributed by atoms with E-state index in [9.17, 15) is 4.79 Å². The molecule has 3 rings (SSSR count). The van der Waals surface area contributed by atoms with Gasteiger partial charge in [0, 0.05) is 4.88 Å². The molecular weight excluding hydrogens is 242 g/mol. The van der Waals surface area contributed by atoms with E-state index in [1.54, 1.807) is 11.3 Å². The number of nitrogens with one attached hydrogen (secondary N) is 1. The summed E-state index contributed by atoms with van der Waals surface area (Å²) in [4.78, 5) is 12.5. The van der Waals surface area contributed by atoms with E-state index in [0.29, 0.717) is 0 Å². The number of hydrogen-bond acceptors (Lipinski definition) is 2. The van der Waals surface area contributed by atoms with Gasteiger partial charge in [-0.3, -0.25) is 4.79 Å². The summed E-state index contributed by atoms with van der Waals surface area (Å²) >= 11 is 1.79. The lowest BCUT2D eigenvalue weighted by molar-refractivity contribution is -0.111. The molecule has 1 unspecified atom stereocenters. The van der Waals surface area contributed by atoms with Gasteiger partial charge in [-0.2, -0.15) is 0 Å². The van der Waals surface area contributed by atoms with Gasteiger partial charge in [0.25, 0.3) is 0 Å². The normalized spacial score (nSPS) is 22.2. The average molecular weight is 257 g/mol. The van der Waals surface area contributed by atoms with Crippen molar-refractivity contribution in [3.8, 4) is 0 Å². The highest BCUT2D eigenvalue weighted by Crippen LogP contribution is 2.42. The van der Waals surface area contributed by atoms with E-state index in [2.05, 4.69) is 28.9 Å². The number of rotatable bonds is 3. The molecule has 0 aliphatic heterocycles. The molecule has 1 atom stereocenters. The van der Waals surface area contributed by atoms with Gasteiger partial charge >= 0.3 is 0 Å². The molecule has 0 bridgehead atoms. The van der Waals surface area contributed by atoms with E-state index in [0.717, 1.165) is 25.7 Å². The Morgan fingerprint density at radius 2 is 2.06 bits per heavy atom. The molecule has 1 N–H and O–H groups in total. The fourth-order valence-corrected chi connectivity index (χ4v) is 3.92. The molecule has 2 aromatic rings. The molecule has 18 heavy (non-hydrogen) atoms. The first-order valence-corrected chi connectivity index (χ1v) is 7.08. The third-order valence-corrected chi connectivity index (χ3v) is 4.71. The molecule has 1 aliphatic rings. The Labute approximate surface area is 111 Å². The molecule has 0 spiro atoms. The molecule has 0 fully saturated rings. The van der Waals surface area contributed by atoms with Gasteiger partial charge in [0.1, 0.15) is 0 Å². The topological polar surface area (TPSA) is 29.1 Å². The van der Waals surface area contributed by atoms with Crippen molar-refractivity contribution >= 4 is 17.7 Å². The zero-order valence-corrected chi connectivity index (χ0v) is 10.9. The van der Waals surface area contributed by atoms with Gasteiger partial charge in [-0.25, -0.2) is 0 Å². The molecule has 3 heteroatoms. The summed E-state index contributed by atoms with van der Waals surface area (Å²) in [6, 6.07) is 12.4. The van der Waals surface area contributed by atoms with Crippen LogP contribution in [0.25, 0.3) is 0 Å². The van der Waals surface area contributed by atoms with Gasteiger partial charge in [-0.05, 0) is 41.8 Å². The molecule has 1 amide bonds. The molecule has 0 saturated carbocycles. The van der Waals surface area contributed by atoms with E-state index in [1.165, 1.54) is 16.0 Å². The van der Waals surface area contributed by atoms with Gasteiger partial charge in [-0.1, -0.05) is 30.3 Å². The van der Waals surface area contributed by atoms with Crippen LogP contribution in [0.15, 0.2) is 41.8 Å². The summed E-state index contributed by atoms with van der Waals surface area (Å²) in [6.45, 7) is 0. The SMILES string of the molecule is O=CNC1(c2ccccc2)CCCc2sccc21. The fraction of sp³-hybridized carbons (Fsp3) is 0.267. The minimum atomic E-state index is -0.323. The van der Waals surface area contributed by atoms with Crippen LogP contribution in [-0.4, -0.2) is 6.41 Å². The number of amides is 1. The van der Waals surface area contributed by atoms with E-state index < -0.39 is 0 Å². The minimum Gasteiger partial charge on any atom is -0.345 e. The fourth-order valence-electron chi connectivity index (χ4n) is 2.92. The summed E-state index contributed by atoms with van der Waals surface area (Å²) < 4.78 is 0. The molecule has 92 valence electrons. The van der Waals surface area contributed by atoms with E-state index >= 15 is 0 Å². The van der Waals surface area contributed by atoms with Crippen molar-refractivity contribution in [1.82, 2.24) is 5.32 Å². The van der Waals surface area contributed by atoms with Crippen molar-refractivity contribution in [1.29, 1.82) is 0 Å². The van der Waals surface area contributed by atoms with Crippen LogP contribution in [0.3, 0.4) is 0 Å². The number of carbonyl (C=O) groups is 1. The number of thiophene rings is 1. The van der Waals surface area contributed by atoms with Crippen LogP contribution >= 0.6 is 11.3 Å². The molecule has 1 aromatic heterocycles. The van der Waals surface area contributed by atoms with Crippen LogP contribution in [0.4, 0.5) is 0 Å². The molecule has 0 saturated heterocycles. The Hall–Kier alpha value is -1.61. The number of carbonyl (C=O) groups excluding carboxylic acids is 1. The van der Waals surface area contributed by atoms with Crippen LogP contribution < -0.4 is 5.32 Å². The summed E-state index contributed by atoms with van der Waals surface area (Å²) in [5.74, 6) is 0. The number of aryl methyl sites for hydroxylation is 1. The van der Waals surface area contributed by atoms with E-state index in [4.69, 9.17) is 0 Å². The van der Waals surface area contributed by atoms with Crippen molar-refractivity contribution in [2.45, 2.75) is 24.8 Å². The molecular formula is C15H15NOS. The van der Waals surface area contributed by atoms with Crippen LogP contribution in [0.2, 0.25) is 0 Å². The highest BCUT2D eigenvalue weighted by atomic mass is 32.1. The second-order valence-corrected chi connectivity index (χ2v) is 5.65. The van der Waals surface area contributed by atoms with Gasteiger partial charge < -0.3 is 5.32 Å². The Bertz CT molecular complexity index is 549. The first-order valence-electron chi connectivity index (χ1n) is 6.20. The maximum Gasteiger partial charge on any atom is 0.208 e. The van der Waals surface area contributed by atoms with Gasteiger partial charge in [0.05, 0.1) is 5.54 Å². The van der Waals surface area contributed by atoms with Crippen molar-refractivity contribution in [3.05, 3.63) is 57.8 Å². The summed E-state index contributed by atoms with van der Waals surface area (Å²) in [7, 11) is 0. The Morgan fingerprint density at radius 3 is 2.83 bits per heavy atom. The summed E-state index contributed by atoms with van der Waals surface area (Å²) in [6.07, 6.45) is 4.05. The van der Waals surface area contributed by atoms with Crippen molar-refractivity contribution in [3.63, 3.8) is 0 Å². The monoisotopic (exact) mass is 257 g/mol. The van der Waals surface area contributed by atoms with E-state index in [-0.39, 0.29) is 5.54 Å². The van der Waals surface area contributed by atoms with Gasteiger partial charge in [0.2, 0.25) is 6.41 Å². The van der Waals surface area contributed by atoms with E-state index in [1.807, 2.05) is 18.2 Å². The lowest BCUT2D eigenvalue weighted by Crippen LogP contribution is -2.44. The highest BCUT2D eigenvalue weighted by Gasteiger charge is 2.38. The van der Waals surface area contributed by atoms with Crippen LogP contribution in [0.5, 0.6) is 0 Å². The van der Waals surface area contributed by atoms with Crippen LogP contribution in [-0.2, 0) is 16.8 Å². The minimum absolute atomic E-state index is 0.323. The van der Waals surface area contributed by atoms with Crippen molar-refractivity contribution in [2.24, 2.45) is 0 Å². The molecule has 0 radical (unpaired) electrons. The first-order chi connectivity index (χ1) is 8.87. The quantitative estimate of drug-likeness (QED) is 0.841. The zero-order chi connectivity index (χ0) is 12.4. The third kappa shape index (κ3) is 1.66. The zero-order valence-electron chi connectivity index (χ0n) is 10.1. The van der Waals surface area contributed by atoms with Crippen LogP contribution in [0.1, 0.15) is 28.8 Å². The standard InChI is InChI=1S/C15H15NOS/c17-11-16-15(12-5-2-1-3-6-12)9-4-7-14-13(15)8-10-18-14/h1-3,5-6,8,10-11H,4,7,9H2,(H,16,17). The number of benzene rings is 1. The molecule has 1 heterocycles. The lowest BCUT2D eigenvalue weighted by Gasteiger charge is -2.37. The predicted octanol–water partition coefficient (Wildman–Crippen LogP) is 3.07. The number of hydrogen-bond donors (Lipinski definition) is 1. The number of fused-ring (bicyclic) bond motifs is 1. The maximum absolute atomic E-state index is 11.1. The Kier molecular flexibility index (Phi) is 2.92. The molecule has 2 nitrogen and oxygen atoms in total. The maximum atomic E-state index is 11.1. The van der Waals surface area contributed by atoms with Crippen molar-refractivity contribution in [2.75, 3.05) is 0 Å². The highest BCUT2D eigenvalue weighted by molar-refractivity contribution is 7.10. The predicted molar refractivity (Wildman–Crippen MR) is 73.7 cm³/mol. The Morgan fingerprint density at radius 1 is 1.22 bits per heavy atom. The average Bonchev–Trinajstić information content (AvgIpc) is 2.90. The van der Waals surface area contributed by atoms with Crippen LogP contribution in [0, 0.1) is 0 Å². The van der Waals surface area contributed by atoms with Gasteiger partial charge in [-0.15, -0.1) is 11.3 Å². The van der Waals surface area contributed by atoms with Crippen molar-refractivity contribution < 1.29 is 4.79 Å². The Balaban J connectivity index is 2.18. The van der Waals surface area contributed by atoms with Gasteiger partial charge in [0.15, 0.2) is 0 Å². The lowest BCUT2D eigenvalue weighted by atomic mass is 9.75. The molecule has 1 aliphatic carbocycles. The smallest absolute Gasteiger partial charge is 0.208 e. The second-order valence-electron chi connectivity index (χ2n) is 4.64. The first kappa shape index (κ1) is 11.5.